The van der Waals surface area contributed by atoms with E-state index in [0.29, 0.717) is 31.7 Å². The number of nitrogens with two attached hydrogens (primary N) is 1. The second kappa shape index (κ2) is 9.92. The number of carbonyl (C=O) groups excluding carboxylic acids is 2. The Kier molecular flexibility index (Phi) is 6.82. The standard InChI is InChI=1S/C24H31N5O2/c25-14-16-10-12-17(13-11-16)24(31)29-20-8-2-1-3-9-22(30)27-19-7-5-4-6-18(19)21-15-26-23(20)28-21/h1-2,4-7,15-17,20H,3,8-14,25H2,(H,26,28)(H,27,30)(H,29,31)/t16?,17?,20-/m0/s1. The van der Waals surface area contributed by atoms with E-state index in [1.165, 1.54) is 0 Å². The van der Waals surface area contributed by atoms with Gasteiger partial charge in [-0.05, 0) is 57.1 Å². The average molecular weight is 422 g/mol. The quantitative estimate of drug-likeness (QED) is 0.566. The third-order valence-electron chi connectivity index (χ3n) is 6.36. The number of H-pyrrole nitrogens is 1. The zero-order valence-corrected chi connectivity index (χ0v) is 17.8. The van der Waals surface area contributed by atoms with Crippen LogP contribution in [-0.2, 0) is 9.59 Å². The molecular weight excluding hydrogens is 390 g/mol. The van der Waals surface area contributed by atoms with Crippen molar-refractivity contribution in [1.82, 2.24) is 15.3 Å². The van der Waals surface area contributed by atoms with Crippen LogP contribution in [0, 0.1) is 11.8 Å². The van der Waals surface area contributed by atoms with Crippen LogP contribution in [0.15, 0.2) is 42.6 Å². The Bertz CT molecular complexity index is 943. The minimum atomic E-state index is -0.235. The number of imidazole rings is 1. The number of hydrogen-bond donors (Lipinski definition) is 4. The van der Waals surface area contributed by atoms with Gasteiger partial charge >= 0.3 is 0 Å². The maximum absolute atomic E-state index is 13.0. The van der Waals surface area contributed by atoms with Gasteiger partial charge in [0.1, 0.15) is 5.82 Å². The number of carbonyl (C=O) groups is 2. The Hall–Kier alpha value is -2.93. The van der Waals surface area contributed by atoms with Gasteiger partial charge in [0.15, 0.2) is 0 Å². The maximum atomic E-state index is 13.0. The van der Waals surface area contributed by atoms with Crippen molar-refractivity contribution in [2.24, 2.45) is 17.6 Å². The van der Waals surface area contributed by atoms with Crippen LogP contribution in [0.5, 0.6) is 0 Å². The van der Waals surface area contributed by atoms with Gasteiger partial charge in [-0.1, -0.05) is 30.4 Å². The molecule has 5 N–H and O–H groups in total. The number of aromatic nitrogens is 2. The number of para-hydroxylation sites is 1. The molecule has 1 aliphatic carbocycles. The van der Waals surface area contributed by atoms with Gasteiger partial charge in [-0.25, -0.2) is 4.98 Å². The highest BCUT2D eigenvalue weighted by atomic mass is 16.2. The molecule has 2 bridgehead atoms. The number of hydrogen-bond acceptors (Lipinski definition) is 4. The van der Waals surface area contributed by atoms with E-state index in [-0.39, 0.29) is 23.8 Å². The minimum Gasteiger partial charge on any atom is -0.346 e. The zero-order chi connectivity index (χ0) is 21.6. The Labute approximate surface area is 182 Å². The molecule has 0 spiro atoms. The molecule has 1 aliphatic heterocycles. The fourth-order valence-electron chi connectivity index (χ4n) is 4.44. The SMILES string of the molecule is NCC1CCC(C(=O)N[C@H]2CC=CCCC(=O)Nc3ccccc3-c3cnc2[nH]3)CC1. The highest BCUT2D eigenvalue weighted by Crippen LogP contribution is 2.31. The summed E-state index contributed by atoms with van der Waals surface area (Å²) in [5.41, 5.74) is 8.24. The molecule has 2 aromatic rings. The van der Waals surface area contributed by atoms with Gasteiger partial charge in [-0.2, -0.15) is 0 Å². The lowest BCUT2D eigenvalue weighted by molar-refractivity contribution is -0.127. The molecule has 164 valence electrons. The summed E-state index contributed by atoms with van der Waals surface area (Å²) < 4.78 is 0. The summed E-state index contributed by atoms with van der Waals surface area (Å²) in [7, 11) is 0. The molecule has 0 saturated heterocycles. The van der Waals surface area contributed by atoms with Gasteiger partial charge in [-0.3, -0.25) is 9.59 Å². The number of rotatable bonds is 3. The number of amides is 2. The van der Waals surface area contributed by atoms with Crippen LogP contribution in [0.1, 0.15) is 56.8 Å². The minimum absolute atomic E-state index is 0.0194. The van der Waals surface area contributed by atoms with Crippen molar-refractivity contribution >= 4 is 17.5 Å². The molecule has 2 amide bonds. The molecule has 1 fully saturated rings. The van der Waals surface area contributed by atoms with Gasteiger partial charge in [0.2, 0.25) is 11.8 Å². The van der Waals surface area contributed by atoms with E-state index in [4.69, 9.17) is 5.73 Å². The molecule has 4 rings (SSSR count). The zero-order valence-electron chi connectivity index (χ0n) is 17.8. The van der Waals surface area contributed by atoms with Crippen LogP contribution < -0.4 is 16.4 Å². The third kappa shape index (κ3) is 5.22. The predicted octanol–water partition coefficient (Wildman–Crippen LogP) is 3.68. The van der Waals surface area contributed by atoms with Crippen molar-refractivity contribution < 1.29 is 9.59 Å². The molecular formula is C24H31N5O2. The second-order valence-electron chi connectivity index (χ2n) is 8.54. The van der Waals surface area contributed by atoms with Crippen molar-refractivity contribution in [3.63, 3.8) is 0 Å². The molecule has 7 nitrogen and oxygen atoms in total. The molecule has 1 atom stereocenters. The summed E-state index contributed by atoms with van der Waals surface area (Å²) in [5.74, 6) is 1.38. The Morgan fingerprint density at radius 2 is 1.97 bits per heavy atom. The van der Waals surface area contributed by atoms with E-state index < -0.39 is 0 Å². The van der Waals surface area contributed by atoms with Gasteiger partial charge in [0, 0.05) is 17.9 Å². The lowest BCUT2D eigenvalue weighted by atomic mass is 9.81. The molecule has 1 aromatic carbocycles. The summed E-state index contributed by atoms with van der Waals surface area (Å²) in [5, 5.41) is 6.21. The third-order valence-corrected chi connectivity index (χ3v) is 6.36. The highest BCUT2D eigenvalue weighted by Gasteiger charge is 2.28. The molecule has 7 heteroatoms. The van der Waals surface area contributed by atoms with Crippen LogP contribution in [0.25, 0.3) is 11.3 Å². The Morgan fingerprint density at radius 3 is 2.77 bits per heavy atom. The molecule has 2 aliphatic rings. The van der Waals surface area contributed by atoms with Crippen molar-refractivity contribution in [1.29, 1.82) is 0 Å². The molecule has 0 radical (unpaired) electrons. The van der Waals surface area contributed by atoms with E-state index >= 15 is 0 Å². The van der Waals surface area contributed by atoms with Gasteiger partial charge in [0.25, 0.3) is 0 Å². The van der Waals surface area contributed by atoms with E-state index in [2.05, 4.69) is 20.6 Å². The number of fused-ring (bicyclic) bond motifs is 4. The van der Waals surface area contributed by atoms with Crippen LogP contribution in [0.3, 0.4) is 0 Å². The maximum Gasteiger partial charge on any atom is 0.224 e. The highest BCUT2D eigenvalue weighted by molar-refractivity contribution is 5.95. The Morgan fingerprint density at radius 1 is 1.16 bits per heavy atom. The number of benzene rings is 1. The smallest absolute Gasteiger partial charge is 0.224 e. The second-order valence-corrected chi connectivity index (χ2v) is 8.54. The average Bonchev–Trinajstić information content (AvgIpc) is 3.28. The molecule has 1 aromatic heterocycles. The largest absolute Gasteiger partial charge is 0.346 e. The van der Waals surface area contributed by atoms with Crippen LogP contribution in [-0.4, -0.2) is 28.3 Å². The van der Waals surface area contributed by atoms with E-state index in [1.807, 2.05) is 36.4 Å². The van der Waals surface area contributed by atoms with Crippen LogP contribution in [0.2, 0.25) is 0 Å². The van der Waals surface area contributed by atoms with Gasteiger partial charge in [0.05, 0.1) is 23.6 Å². The Balaban J connectivity index is 1.55. The molecule has 0 unspecified atom stereocenters. The molecule has 2 heterocycles. The first-order chi connectivity index (χ1) is 15.1. The van der Waals surface area contributed by atoms with Crippen LogP contribution >= 0.6 is 0 Å². The molecule has 31 heavy (non-hydrogen) atoms. The van der Waals surface area contributed by atoms with Crippen molar-refractivity contribution in [3.05, 3.63) is 48.4 Å². The number of nitrogens with zero attached hydrogens (tertiary/aromatic N) is 1. The summed E-state index contributed by atoms with van der Waals surface area (Å²) in [4.78, 5) is 33.2. The first-order valence-electron chi connectivity index (χ1n) is 11.2. The number of aromatic amines is 1. The van der Waals surface area contributed by atoms with Crippen LogP contribution in [0.4, 0.5) is 5.69 Å². The van der Waals surface area contributed by atoms with Gasteiger partial charge < -0.3 is 21.4 Å². The van der Waals surface area contributed by atoms with E-state index in [9.17, 15) is 9.59 Å². The lowest BCUT2D eigenvalue weighted by Crippen LogP contribution is -2.36. The van der Waals surface area contributed by atoms with Crippen molar-refractivity contribution in [2.45, 2.75) is 51.0 Å². The number of anilines is 1. The molecule has 1 saturated carbocycles. The normalized spacial score (nSPS) is 24.2. The number of nitrogens with one attached hydrogen (secondary N) is 3. The first-order valence-corrected chi connectivity index (χ1v) is 11.2. The summed E-state index contributed by atoms with van der Waals surface area (Å²) >= 11 is 0. The monoisotopic (exact) mass is 421 g/mol. The van der Waals surface area contributed by atoms with E-state index in [1.54, 1.807) is 6.20 Å². The fourth-order valence-corrected chi connectivity index (χ4v) is 4.44. The van der Waals surface area contributed by atoms with Crippen molar-refractivity contribution in [2.75, 3.05) is 11.9 Å². The van der Waals surface area contributed by atoms with Crippen molar-refractivity contribution in [3.8, 4) is 11.3 Å². The predicted molar refractivity (Wildman–Crippen MR) is 121 cm³/mol. The summed E-state index contributed by atoms with van der Waals surface area (Å²) in [6.07, 6.45) is 11.3. The fraction of sp³-hybridized carbons (Fsp3) is 0.458. The first kappa shape index (κ1) is 21.3. The van der Waals surface area contributed by atoms with Gasteiger partial charge in [-0.15, -0.1) is 0 Å². The number of allylic oxidation sites excluding steroid dienone is 1. The van der Waals surface area contributed by atoms with E-state index in [0.717, 1.165) is 48.5 Å². The lowest BCUT2D eigenvalue weighted by Gasteiger charge is -2.28. The summed E-state index contributed by atoms with van der Waals surface area (Å²) in [6, 6.07) is 7.44. The topological polar surface area (TPSA) is 113 Å². The summed E-state index contributed by atoms with van der Waals surface area (Å²) in [6.45, 7) is 0.704.